The summed E-state index contributed by atoms with van der Waals surface area (Å²) < 4.78 is 0. The molecule has 0 saturated carbocycles. The average Bonchev–Trinajstić information content (AvgIpc) is 2.23. The minimum absolute atomic E-state index is 0.0151. The quantitative estimate of drug-likeness (QED) is 0.532. The van der Waals surface area contributed by atoms with Gasteiger partial charge in [-0.25, -0.2) is 4.79 Å². The molecular weight excluding hydrogens is 208 g/mol. The number of likely N-dealkylation sites (N-methyl/N-ethyl adjacent to an activating group) is 1. The highest BCUT2D eigenvalue weighted by Crippen LogP contribution is 1.99. The number of nitrogens with zero attached hydrogens (tertiary/aromatic N) is 2. The van der Waals surface area contributed by atoms with Crippen LogP contribution in [0.25, 0.3) is 0 Å². The first-order valence-electron chi connectivity index (χ1n) is 4.86. The van der Waals surface area contributed by atoms with Crippen LogP contribution in [0.2, 0.25) is 0 Å². The number of urea groups is 1. The van der Waals surface area contributed by atoms with Crippen molar-refractivity contribution in [2.24, 2.45) is 0 Å². The first-order valence-corrected chi connectivity index (χ1v) is 4.86. The van der Waals surface area contributed by atoms with Crippen molar-refractivity contribution in [3.05, 3.63) is 12.7 Å². The number of carbonyl (C=O) groups is 2. The van der Waals surface area contributed by atoms with Crippen LogP contribution in [-0.2, 0) is 4.79 Å². The average molecular weight is 224 g/mol. The van der Waals surface area contributed by atoms with E-state index < -0.39 is 12.5 Å². The molecule has 5 nitrogen and oxygen atoms in total. The van der Waals surface area contributed by atoms with Gasteiger partial charge in [0, 0.05) is 13.1 Å². The molecular formula is C11H16N2O3. The number of aliphatic carboxylic acids is 1. The number of amides is 2. The summed E-state index contributed by atoms with van der Waals surface area (Å²) in [4.78, 5) is 25.0. The minimum atomic E-state index is -1.08. The lowest BCUT2D eigenvalue weighted by molar-refractivity contribution is -0.137. The van der Waals surface area contributed by atoms with Crippen LogP contribution in [-0.4, -0.2) is 53.1 Å². The fourth-order valence-electron chi connectivity index (χ4n) is 1.16. The third-order valence-electron chi connectivity index (χ3n) is 1.88. The zero-order valence-corrected chi connectivity index (χ0v) is 9.35. The highest BCUT2D eigenvalue weighted by molar-refractivity contribution is 5.80. The number of hydrogen-bond acceptors (Lipinski definition) is 2. The Kier molecular flexibility index (Phi) is 6.45. The second-order valence-electron chi connectivity index (χ2n) is 3.06. The van der Waals surface area contributed by atoms with Crippen molar-refractivity contribution in [1.82, 2.24) is 9.80 Å². The van der Waals surface area contributed by atoms with Gasteiger partial charge in [0.1, 0.15) is 6.54 Å². The van der Waals surface area contributed by atoms with Gasteiger partial charge in [-0.3, -0.25) is 4.79 Å². The minimum Gasteiger partial charge on any atom is -0.480 e. The Hall–Kier alpha value is -1.96. The predicted octanol–water partition coefficient (Wildman–Crippen LogP) is 0.634. The number of carbonyl (C=O) groups excluding carboxylic acids is 1. The van der Waals surface area contributed by atoms with Crippen molar-refractivity contribution >= 4 is 12.0 Å². The smallest absolute Gasteiger partial charge is 0.323 e. The molecule has 0 rings (SSSR count). The van der Waals surface area contributed by atoms with Crippen molar-refractivity contribution in [1.29, 1.82) is 0 Å². The lowest BCUT2D eigenvalue weighted by atomic mass is 10.4. The van der Waals surface area contributed by atoms with Crippen LogP contribution in [0.15, 0.2) is 12.7 Å². The Morgan fingerprint density at radius 3 is 2.50 bits per heavy atom. The monoisotopic (exact) mass is 224 g/mol. The second kappa shape index (κ2) is 7.35. The number of carboxylic acids is 1. The summed E-state index contributed by atoms with van der Waals surface area (Å²) >= 11 is 0. The Morgan fingerprint density at radius 2 is 2.12 bits per heavy atom. The summed E-state index contributed by atoms with van der Waals surface area (Å²) in [6, 6.07) is -0.386. The first kappa shape index (κ1) is 14.0. The summed E-state index contributed by atoms with van der Waals surface area (Å²) in [5.41, 5.74) is 0. The Bertz CT molecular complexity index is 307. The molecule has 0 aliphatic rings. The predicted molar refractivity (Wildman–Crippen MR) is 60.9 cm³/mol. The molecule has 0 unspecified atom stereocenters. The van der Waals surface area contributed by atoms with E-state index in [9.17, 15) is 9.59 Å². The maximum absolute atomic E-state index is 11.8. The lowest BCUT2D eigenvalue weighted by Gasteiger charge is -2.26. The Balaban J connectivity index is 4.63. The van der Waals surface area contributed by atoms with E-state index in [4.69, 9.17) is 11.5 Å². The molecule has 0 saturated heterocycles. The van der Waals surface area contributed by atoms with Crippen LogP contribution < -0.4 is 0 Å². The molecule has 0 aromatic rings. The molecule has 5 heteroatoms. The van der Waals surface area contributed by atoms with Gasteiger partial charge >= 0.3 is 12.0 Å². The molecule has 0 heterocycles. The van der Waals surface area contributed by atoms with Crippen LogP contribution in [0.1, 0.15) is 6.92 Å². The topological polar surface area (TPSA) is 60.9 Å². The molecule has 0 aromatic carbocycles. The van der Waals surface area contributed by atoms with E-state index in [1.807, 2.05) is 0 Å². The zero-order valence-electron chi connectivity index (χ0n) is 9.35. The van der Waals surface area contributed by atoms with E-state index in [1.54, 1.807) is 13.0 Å². The number of terminal acetylenes is 1. The van der Waals surface area contributed by atoms with Crippen LogP contribution in [0.4, 0.5) is 4.79 Å². The number of hydrogen-bond donors (Lipinski definition) is 1. The van der Waals surface area contributed by atoms with Gasteiger partial charge in [0.25, 0.3) is 0 Å². The van der Waals surface area contributed by atoms with Crippen molar-refractivity contribution in [2.75, 3.05) is 26.2 Å². The third kappa shape index (κ3) is 4.51. The van der Waals surface area contributed by atoms with Gasteiger partial charge < -0.3 is 14.9 Å². The maximum atomic E-state index is 11.8. The molecule has 0 aromatic heterocycles. The van der Waals surface area contributed by atoms with Crippen molar-refractivity contribution in [2.45, 2.75) is 6.92 Å². The van der Waals surface area contributed by atoms with Crippen molar-refractivity contribution in [3.63, 3.8) is 0 Å². The molecule has 1 N–H and O–H groups in total. The van der Waals surface area contributed by atoms with Gasteiger partial charge in [-0.2, -0.15) is 0 Å². The molecule has 0 spiro atoms. The van der Waals surface area contributed by atoms with Gasteiger partial charge in [-0.15, -0.1) is 13.0 Å². The van der Waals surface area contributed by atoms with Crippen molar-refractivity contribution < 1.29 is 14.7 Å². The van der Waals surface area contributed by atoms with Crippen LogP contribution in [0.3, 0.4) is 0 Å². The highest BCUT2D eigenvalue weighted by Gasteiger charge is 2.20. The number of carboxylic acid groups (broad SMARTS) is 1. The highest BCUT2D eigenvalue weighted by atomic mass is 16.4. The van der Waals surface area contributed by atoms with Crippen LogP contribution in [0.5, 0.6) is 0 Å². The van der Waals surface area contributed by atoms with Gasteiger partial charge in [0.15, 0.2) is 0 Å². The lowest BCUT2D eigenvalue weighted by Crippen LogP contribution is -2.45. The summed E-state index contributed by atoms with van der Waals surface area (Å²) in [6.07, 6.45) is 6.66. The molecule has 16 heavy (non-hydrogen) atoms. The second-order valence-corrected chi connectivity index (χ2v) is 3.06. The van der Waals surface area contributed by atoms with Crippen molar-refractivity contribution in [3.8, 4) is 12.3 Å². The van der Waals surface area contributed by atoms with E-state index in [1.165, 1.54) is 4.90 Å². The normalized spacial score (nSPS) is 9.00. The molecule has 0 aliphatic carbocycles. The van der Waals surface area contributed by atoms with E-state index >= 15 is 0 Å². The summed E-state index contributed by atoms with van der Waals surface area (Å²) in [5.74, 6) is 1.18. The van der Waals surface area contributed by atoms with E-state index in [0.29, 0.717) is 13.1 Å². The molecule has 0 aliphatic heterocycles. The fourth-order valence-corrected chi connectivity index (χ4v) is 1.16. The largest absolute Gasteiger partial charge is 0.480 e. The van der Waals surface area contributed by atoms with Gasteiger partial charge in [-0.05, 0) is 6.92 Å². The van der Waals surface area contributed by atoms with E-state index in [0.717, 1.165) is 4.90 Å². The van der Waals surface area contributed by atoms with E-state index in [2.05, 4.69) is 12.5 Å². The van der Waals surface area contributed by atoms with Crippen LogP contribution in [0, 0.1) is 12.3 Å². The summed E-state index contributed by atoms with van der Waals surface area (Å²) in [5, 5.41) is 8.64. The molecule has 0 atom stereocenters. The number of rotatable bonds is 6. The molecule has 0 bridgehead atoms. The Labute approximate surface area is 95.3 Å². The SMILES string of the molecule is C#CCN(CC(=O)O)C(=O)N(CC)CC=C. The molecule has 2 amide bonds. The standard InChI is InChI=1S/C11H16N2O3/c1-4-7-12(6-3)11(16)13(8-5-2)9-10(14)15/h2,4H,1,6-9H2,3H3,(H,14,15). The van der Waals surface area contributed by atoms with Gasteiger partial charge in [0.05, 0.1) is 6.54 Å². The first-order chi connectivity index (χ1) is 7.56. The van der Waals surface area contributed by atoms with Gasteiger partial charge in [0.2, 0.25) is 0 Å². The summed E-state index contributed by atoms with van der Waals surface area (Å²) in [7, 11) is 0. The third-order valence-corrected chi connectivity index (χ3v) is 1.88. The molecule has 0 fully saturated rings. The van der Waals surface area contributed by atoms with Crippen LogP contribution >= 0.6 is 0 Å². The zero-order chi connectivity index (χ0) is 12.6. The Morgan fingerprint density at radius 1 is 1.50 bits per heavy atom. The maximum Gasteiger partial charge on any atom is 0.323 e. The molecule has 0 radical (unpaired) electrons. The summed E-state index contributed by atoms with van der Waals surface area (Å²) in [6.45, 7) is 5.77. The fraction of sp³-hybridized carbons (Fsp3) is 0.455. The molecule has 88 valence electrons. The van der Waals surface area contributed by atoms with Gasteiger partial charge in [-0.1, -0.05) is 12.0 Å². The van der Waals surface area contributed by atoms with E-state index in [-0.39, 0.29) is 12.6 Å².